The van der Waals surface area contributed by atoms with Gasteiger partial charge in [0.25, 0.3) is 0 Å². The Morgan fingerprint density at radius 2 is 1.88 bits per heavy atom. The Kier molecular flexibility index (Phi) is 4.63. The Hall–Kier alpha value is -1.91. The highest BCUT2D eigenvalue weighted by Gasteiger charge is 2.13. The third-order valence-electron chi connectivity index (χ3n) is 2.45. The molecular weight excluding hydrogens is 218 g/mol. The molecule has 0 aliphatic heterocycles. The van der Waals surface area contributed by atoms with E-state index in [1.807, 2.05) is 13.0 Å². The van der Waals surface area contributed by atoms with Crippen molar-refractivity contribution in [2.24, 2.45) is 11.5 Å². The normalized spacial score (nSPS) is 10.2. The Morgan fingerprint density at radius 3 is 2.41 bits per heavy atom. The van der Waals surface area contributed by atoms with E-state index in [0.29, 0.717) is 5.69 Å². The zero-order valence-electron chi connectivity index (χ0n) is 9.90. The van der Waals surface area contributed by atoms with E-state index in [9.17, 15) is 9.59 Å². The lowest BCUT2D eigenvalue weighted by molar-refractivity contribution is -0.118. The summed E-state index contributed by atoms with van der Waals surface area (Å²) >= 11 is 0. The van der Waals surface area contributed by atoms with Gasteiger partial charge in [0.2, 0.25) is 11.8 Å². The van der Waals surface area contributed by atoms with Crippen LogP contribution < -0.4 is 11.5 Å². The van der Waals surface area contributed by atoms with Crippen LogP contribution in [-0.2, 0) is 28.9 Å². The fraction of sp³-hybridized carbons (Fsp3) is 0.417. The SMILES string of the molecule is CCCc1ccnc(CC(N)=O)c1CC(N)=O. The molecule has 1 aromatic rings. The summed E-state index contributed by atoms with van der Waals surface area (Å²) in [4.78, 5) is 26.1. The molecule has 0 aliphatic carbocycles. The first-order valence-corrected chi connectivity index (χ1v) is 5.56. The topological polar surface area (TPSA) is 99.1 Å². The number of carbonyl (C=O) groups is 2. The molecular formula is C12H17N3O2. The molecule has 0 unspecified atom stereocenters. The number of rotatable bonds is 6. The number of amides is 2. The van der Waals surface area contributed by atoms with E-state index >= 15 is 0 Å². The number of primary amides is 2. The average molecular weight is 235 g/mol. The van der Waals surface area contributed by atoms with Crippen molar-refractivity contribution in [3.05, 3.63) is 29.1 Å². The van der Waals surface area contributed by atoms with Crippen LogP contribution in [0.25, 0.3) is 0 Å². The number of hydrogen-bond donors (Lipinski definition) is 2. The van der Waals surface area contributed by atoms with Crippen LogP contribution in [0, 0.1) is 0 Å². The summed E-state index contributed by atoms with van der Waals surface area (Å²) in [6.07, 6.45) is 3.56. The minimum absolute atomic E-state index is 0.0418. The van der Waals surface area contributed by atoms with E-state index in [2.05, 4.69) is 4.98 Å². The molecule has 1 aromatic heterocycles. The maximum absolute atomic E-state index is 11.0. The molecule has 0 spiro atoms. The van der Waals surface area contributed by atoms with Crippen molar-refractivity contribution >= 4 is 11.8 Å². The number of pyridine rings is 1. The molecule has 0 aliphatic rings. The van der Waals surface area contributed by atoms with E-state index in [-0.39, 0.29) is 12.8 Å². The summed E-state index contributed by atoms with van der Waals surface area (Å²) in [5.41, 5.74) is 12.7. The predicted octanol–water partition coefficient (Wildman–Crippen LogP) is 0.0897. The van der Waals surface area contributed by atoms with E-state index in [1.165, 1.54) is 0 Å². The number of nitrogens with two attached hydrogens (primary N) is 2. The van der Waals surface area contributed by atoms with Gasteiger partial charge in [-0.1, -0.05) is 13.3 Å². The Balaban J connectivity index is 3.13. The third-order valence-corrected chi connectivity index (χ3v) is 2.45. The maximum Gasteiger partial charge on any atom is 0.223 e. The molecule has 0 fully saturated rings. The second kappa shape index (κ2) is 5.98. The quantitative estimate of drug-likeness (QED) is 0.730. The van der Waals surface area contributed by atoms with Crippen molar-refractivity contribution in [2.75, 3.05) is 0 Å². The molecule has 0 saturated heterocycles. The highest BCUT2D eigenvalue weighted by atomic mass is 16.1. The van der Waals surface area contributed by atoms with Gasteiger partial charge in [-0.3, -0.25) is 14.6 Å². The van der Waals surface area contributed by atoms with Crippen molar-refractivity contribution in [1.82, 2.24) is 4.98 Å². The van der Waals surface area contributed by atoms with Crippen molar-refractivity contribution < 1.29 is 9.59 Å². The number of aryl methyl sites for hydroxylation is 1. The van der Waals surface area contributed by atoms with Gasteiger partial charge in [-0.15, -0.1) is 0 Å². The molecule has 5 heteroatoms. The third kappa shape index (κ3) is 3.86. The van der Waals surface area contributed by atoms with Gasteiger partial charge in [0.1, 0.15) is 0 Å². The molecule has 17 heavy (non-hydrogen) atoms. The summed E-state index contributed by atoms with van der Waals surface area (Å²) < 4.78 is 0. The zero-order chi connectivity index (χ0) is 12.8. The number of hydrogen-bond acceptors (Lipinski definition) is 3. The molecule has 0 radical (unpaired) electrons. The second-order valence-electron chi connectivity index (χ2n) is 3.93. The van der Waals surface area contributed by atoms with Crippen molar-refractivity contribution in [3.8, 4) is 0 Å². The molecule has 0 bridgehead atoms. The van der Waals surface area contributed by atoms with Gasteiger partial charge in [0.15, 0.2) is 0 Å². The molecule has 1 heterocycles. The van der Waals surface area contributed by atoms with Crippen molar-refractivity contribution in [2.45, 2.75) is 32.6 Å². The summed E-state index contributed by atoms with van der Waals surface area (Å²) in [6.45, 7) is 2.04. The largest absolute Gasteiger partial charge is 0.369 e. The monoisotopic (exact) mass is 235 g/mol. The molecule has 5 nitrogen and oxygen atoms in total. The van der Waals surface area contributed by atoms with Gasteiger partial charge in [-0.2, -0.15) is 0 Å². The number of aromatic nitrogens is 1. The van der Waals surface area contributed by atoms with Crippen LogP contribution >= 0.6 is 0 Å². The van der Waals surface area contributed by atoms with Crippen LogP contribution in [0.2, 0.25) is 0 Å². The van der Waals surface area contributed by atoms with E-state index in [0.717, 1.165) is 24.0 Å². The smallest absolute Gasteiger partial charge is 0.223 e. The first kappa shape index (κ1) is 13.2. The van der Waals surface area contributed by atoms with Gasteiger partial charge in [0.05, 0.1) is 18.5 Å². The molecule has 0 atom stereocenters. The van der Waals surface area contributed by atoms with Crippen LogP contribution in [0.15, 0.2) is 12.3 Å². The highest BCUT2D eigenvalue weighted by Crippen LogP contribution is 2.15. The number of carbonyl (C=O) groups excluding carboxylic acids is 2. The van der Waals surface area contributed by atoms with Gasteiger partial charge < -0.3 is 11.5 Å². The van der Waals surface area contributed by atoms with Crippen molar-refractivity contribution in [3.63, 3.8) is 0 Å². The van der Waals surface area contributed by atoms with Gasteiger partial charge in [-0.05, 0) is 23.6 Å². The lowest BCUT2D eigenvalue weighted by atomic mass is 9.98. The minimum Gasteiger partial charge on any atom is -0.369 e. The Morgan fingerprint density at radius 1 is 1.24 bits per heavy atom. The predicted molar refractivity (Wildman–Crippen MR) is 64.0 cm³/mol. The van der Waals surface area contributed by atoms with Gasteiger partial charge >= 0.3 is 0 Å². The van der Waals surface area contributed by atoms with Crippen LogP contribution in [0.4, 0.5) is 0 Å². The second-order valence-corrected chi connectivity index (χ2v) is 3.93. The lowest BCUT2D eigenvalue weighted by Crippen LogP contribution is -2.20. The van der Waals surface area contributed by atoms with Crippen LogP contribution in [0.1, 0.15) is 30.2 Å². The standard InChI is InChI=1S/C12H17N3O2/c1-2-3-8-4-5-15-10(7-12(14)17)9(8)6-11(13)16/h4-5H,2-3,6-7H2,1H3,(H2,13,16)(H2,14,17). The van der Waals surface area contributed by atoms with Crippen molar-refractivity contribution in [1.29, 1.82) is 0 Å². The van der Waals surface area contributed by atoms with E-state index in [1.54, 1.807) is 6.20 Å². The Bertz CT molecular complexity index is 430. The van der Waals surface area contributed by atoms with Crippen LogP contribution in [0.3, 0.4) is 0 Å². The van der Waals surface area contributed by atoms with Crippen LogP contribution in [-0.4, -0.2) is 16.8 Å². The molecule has 1 rings (SSSR count). The molecule has 0 saturated carbocycles. The molecule has 0 aromatic carbocycles. The summed E-state index contributed by atoms with van der Waals surface area (Å²) in [7, 11) is 0. The molecule has 2 amide bonds. The Labute approximate surface area is 100 Å². The summed E-state index contributed by atoms with van der Waals surface area (Å²) in [5, 5.41) is 0. The highest BCUT2D eigenvalue weighted by molar-refractivity contribution is 5.80. The molecule has 92 valence electrons. The van der Waals surface area contributed by atoms with E-state index in [4.69, 9.17) is 11.5 Å². The zero-order valence-corrected chi connectivity index (χ0v) is 9.90. The summed E-state index contributed by atoms with van der Waals surface area (Å²) in [6, 6.07) is 1.85. The maximum atomic E-state index is 11.0. The minimum atomic E-state index is -0.461. The molecule has 4 N–H and O–H groups in total. The average Bonchev–Trinajstić information content (AvgIpc) is 2.21. The van der Waals surface area contributed by atoms with Crippen LogP contribution in [0.5, 0.6) is 0 Å². The summed E-state index contributed by atoms with van der Waals surface area (Å²) in [5.74, 6) is -0.891. The lowest BCUT2D eigenvalue weighted by Gasteiger charge is -2.11. The van der Waals surface area contributed by atoms with Gasteiger partial charge in [-0.25, -0.2) is 0 Å². The fourth-order valence-electron chi connectivity index (χ4n) is 1.79. The number of nitrogens with zero attached hydrogens (tertiary/aromatic N) is 1. The van der Waals surface area contributed by atoms with E-state index < -0.39 is 11.8 Å². The first-order chi connectivity index (χ1) is 8.04. The van der Waals surface area contributed by atoms with Gasteiger partial charge in [0, 0.05) is 6.20 Å². The first-order valence-electron chi connectivity index (χ1n) is 5.56. The fourth-order valence-corrected chi connectivity index (χ4v) is 1.79.